The third-order valence-corrected chi connectivity index (χ3v) is 14.3. The molecular weight excluding hydrogens is 644 g/mol. The summed E-state index contributed by atoms with van der Waals surface area (Å²) in [5, 5.41) is 0. The van der Waals surface area contributed by atoms with E-state index in [1.54, 1.807) is 17.2 Å². The molecule has 0 nitrogen and oxygen atoms in total. The van der Waals surface area contributed by atoms with E-state index in [0.29, 0.717) is 11.8 Å². The first-order chi connectivity index (χ1) is 25.8. The number of hydrogen-bond donors (Lipinski definition) is 0. The average molecular weight is 719 g/mol. The Balaban J connectivity index is 0.000000285. The normalized spacial score (nSPS) is 29.2. The molecule has 290 valence electrons. The van der Waals surface area contributed by atoms with E-state index in [-0.39, 0.29) is 11.5 Å². The summed E-state index contributed by atoms with van der Waals surface area (Å²) in [5.41, 5.74) is 10.2. The molecule has 4 aromatic rings. The topological polar surface area (TPSA) is 0 Å². The SMILES string of the molecule is CC1CCC(c2ccc(-c3ccc(C4CCC(C)CC4)cc3)cc2)CC1.CC1CCC(c2ccc(-c3ccc(C4CCC(C)CC4)cc3F)cc2)CC1.[HH].[HH].[HH].[HH]. The number of rotatable bonds is 6. The largest absolute Gasteiger partial charge is 0.206 e. The third kappa shape index (κ3) is 9.92. The molecule has 0 amide bonds. The predicted molar refractivity (Wildman–Crippen MR) is 234 cm³/mol. The Morgan fingerprint density at radius 3 is 0.906 bits per heavy atom. The zero-order valence-electron chi connectivity index (χ0n) is 33.5. The summed E-state index contributed by atoms with van der Waals surface area (Å²) in [6.45, 7) is 9.49. The van der Waals surface area contributed by atoms with Gasteiger partial charge in [-0.15, -0.1) is 0 Å². The summed E-state index contributed by atoms with van der Waals surface area (Å²) in [5.74, 6) is 6.31. The number of hydrogen-bond acceptors (Lipinski definition) is 0. The van der Waals surface area contributed by atoms with Gasteiger partial charge in [-0.2, -0.15) is 0 Å². The third-order valence-electron chi connectivity index (χ3n) is 14.3. The fourth-order valence-electron chi connectivity index (χ4n) is 10.2. The van der Waals surface area contributed by atoms with Crippen LogP contribution in [0.1, 0.15) is 182 Å². The van der Waals surface area contributed by atoms with Crippen LogP contribution in [0, 0.1) is 29.5 Å². The van der Waals surface area contributed by atoms with E-state index < -0.39 is 0 Å². The number of halogens is 1. The zero-order valence-corrected chi connectivity index (χ0v) is 33.5. The molecule has 0 aliphatic heterocycles. The molecule has 0 heterocycles. The molecule has 0 bridgehead atoms. The van der Waals surface area contributed by atoms with Crippen molar-refractivity contribution in [1.82, 2.24) is 0 Å². The Morgan fingerprint density at radius 1 is 0.340 bits per heavy atom. The van der Waals surface area contributed by atoms with Crippen LogP contribution in [0.25, 0.3) is 22.3 Å². The Bertz CT molecular complexity index is 1640. The van der Waals surface area contributed by atoms with Crippen molar-refractivity contribution in [3.63, 3.8) is 0 Å². The van der Waals surface area contributed by atoms with Crippen LogP contribution in [-0.4, -0.2) is 0 Å². The van der Waals surface area contributed by atoms with Gasteiger partial charge < -0.3 is 0 Å². The lowest BCUT2D eigenvalue weighted by molar-refractivity contribution is 0.347. The highest BCUT2D eigenvalue weighted by atomic mass is 19.1. The van der Waals surface area contributed by atoms with Gasteiger partial charge in [0.05, 0.1) is 0 Å². The minimum Gasteiger partial charge on any atom is -0.206 e. The summed E-state index contributed by atoms with van der Waals surface area (Å²) in [6, 6.07) is 33.5. The summed E-state index contributed by atoms with van der Waals surface area (Å²) in [6.07, 6.45) is 21.3. The average Bonchev–Trinajstić information content (AvgIpc) is 3.20. The van der Waals surface area contributed by atoms with Gasteiger partial charge in [0.15, 0.2) is 0 Å². The van der Waals surface area contributed by atoms with E-state index >= 15 is 0 Å². The molecule has 4 aliphatic rings. The molecule has 4 saturated carbocycles. The Hall–Kier alpha value is -3.19. The van der Waals surface area contributed by atoms with Crippen LogP contribution < -0.4 is 0 Å². The zero-order chi connectivity index (χ0) is 36.7. The van der Waals surface area contributed by atoms with Gasteiger partial charge >= 0.3 is 0 Å². The fourth-order valence-corrected chi connectivity index (χ4v) is 10.2. The monoisotopic (exact) mass is 719 g/mol. The van der Waals surface area contributed by atoms with Gasteiger partial charge in [0.1, 0.15) is 5.82 Å². The first kappa shape index (κ1) is 38.1. The van der Waals surface area contributed by atoms with Crippen LogP contribution >= 0.6 is 0 Å². The van der Waals surface area contributed by atoms with Crippen molar-refractivity contribution >= 4 is 0 Å². The maximum Gasteiger partial charge on any atom is 0.131 e. The Morgan fingerprint density at radius 2 is 0.604 bits per heavy atom. The van der Waals surface area contributed by atoms with Gasteiger partial charge in [0, 0.05) is 11.3 Å². The lowest BCUT2D eigenvalue weighted by atomic mass is 9.79. The quantitative estimate of drug-likeness (QED) is 0.186. The van der Waals surface area contributed by atoms with Crippen molar-refractivity contribution < 1.29 is 10.1 Å². The second kappa shape index (κ2) is 18.0. The molecule has 4 aromatic carbocycles. The minimum atomic E-state index is -0.0645. The highest BCUT2D eigenvalue weighted by molar-refractivity contribution is 5.65. The van der Waals surface area contributed by atoms with Crippen molar-refractivity contribution in [3.8, 4) is 22.3 Å². The van der Waals surface area contributed by atoms with Gasteiger partial charge in [-0.1, -0.05) is 164 Å². The smallest absolute Gasteiger partial charge is 0.131 e. The molecule has 0 spiro atoms. The van der Waals surface area contributed by atoms with Crippen LogP contribution in [-0.2, 0) is 0 Å². The van der Waals surface area contributed by atoms with E-state index in [0.717, 1.165) is 46.6 Å². The molecule has 53 heavy (non-hydrogen) atoms. The number of benzene rings is 4. The van der Waals surface area contributed by atoms with Gasteiger partial charge in [-0.3, -0.25) is 0 Å². The maximum atomic E-state index is 14.9. The Kier molecular flexibility index (Phi) is 12.9. The summed E-state index contributed by atoms with van der Waals surface area (Å²) in [7, 11) is 0. The first-order valence-electron chi connectivity index (χ1n) is 21.9. The molecule has 0 unspecified atom stereocenters. The Labute approximate surface area is 328 Å². The highest BCUT2D eigenvalue weighted by Crippen LogP contribution is 2.40. The molecule has 4 aliphatic carbocycles. The van der Waals surface area contributed by atoms with Crippen LogP contribution in [0.15, 0.2) is 91.0 Å². The van der Waals surface area contributed by atoms with Gasteiger partial charge in [-0.05, 0) is 144 Å². The molecule has 4 fully saturated rings. The summed E-state index contributed by atoms with van der Waals surface area (Å²) < 4.78 is 14.9. The molecule has 0 aromatic heterocycles. The van der Waals surface area contributed by atoms with Crippen molar-refractivity contribution in [2.24, 2.45) is 23.7 Å². The van der Waals surface area contributed by atoms with E-state index in [2.05, 4.69) is 107 Å². The van der Waals surface area contributed by atoms with E-state index in [4.69, 9.17) is 0 Å². The van der Waals surface area contributed by atoms with E-state index in [9.17, 15) is 4.39 Å². The summed E-state index contributed by atoms with van der Waals surface area (Å²) >= 11 is 0. The maximum absolute atomic E-state index is 14.9. The van der Waals surface area contributed by atoms with Crippen LogP contribution in [0.4, 0.5) is 4.39 Å². The standard InChI is InChI=1S/C26H33F.C26H34.4H2/c1-18-3-7-20(8-4-18)21-11-13-23(14-12-21)25-16-15-24(17-26(25)27)22-9-5-19(2)6-10-22;1-19-3-7-21(8-4-19)23-11-15-25(16-12-23)26-17-13-24(14-18-26)22-9-5-20(2)6-10-22;;;;/h11-20,22H,3-10H2,1-2H3;11-22H,3-10H2,1-2H3;4*1H. The first-order valence-corrected chi connectivity index (χ1v) is 21.9. The molecule has 0 radical (unpaired) electrons. The van der Waals surface area contributed by atoms with Crippen LogP contribution in [0.3, 0.4) is 0 Å². The highest BCUT2D eigenvalue weighted by Gasteiger charge is 2.23. The van der Waals surface area contributed by atoms with Crippen LogP contribution in [0.5, 0.6) is 0 Å². The van der Waals surface area contributed by atoms with Gasteiger partial charge in [0.25, 0.3) is 0 Å². The van der Waals surface area contributed by atoms with Gasteiger partial charge in [-0.25, -0.2) is 4.39 Å². The second-order valence-electron chi connectivity index (χ2n) is 18.4. The van der Waals surface area contributed by atoms with Crippen molar-refractivity contribution in [2.45, 2.75) is 154 Å². The molecule has 0 saturated heterocycles. The molecule has 0 atom stereocenters. The molecule has 1 heteroatoms. The van der Waals surface area contributed by atoms with Gasteiger partial charge in [0.2, 0.25) is 0 Å². The predicted octanol–water partition coefficient (Wildman–Crippen LogP) is 17.0. The van der Waals surface area contributed by atoms with E-state index in [1.165, 1.54) is 125 Å². The molecular formula is C52H75F. The van der Waals surface area contributed by atoms with E-state index in [1.807, 2.05) is 6.07 Å². The van der Waals surface area contributed by atoms with Crippen molar-refractivity contribution in [3.05, 3.63) is 119 Å². The fraction of sp³-hybridized carbons (Fsp3) is 0.538. The summed E-state index contributed by atoms with van der Waals surface area (Å²) in [4.78, 5) is 0. The molecule has 0 N–H and O–H groups in total. The van der Waals surface area contributed by atoms with Crippen molar-refractivity contribution in [1.29, 1.82) is 0 Å². The minimum absolute atomic E-state index is 0. The second-order valence-corrected chi connectivity index (χ2v) is 18.4. The van der Waals surface area contributed by atoms with Crippen molar-refractivity contribution in [2.75, 3.05) is 0 Å². The lowest BCUT2D eigenvalue weighted by Gasteiger charge is -2.27. The molecule has 8 rings (SSSR count). The van der Waals surface area contributed by atoms with Crippen LogP contribution in [0.2, 0.25) is 0 Å². The lowest BCUT2D eigenvalue weighted by Crippen LogP contribution is -2.11.